The molecule has 0 aliphatic carbocycles. The third kappa shape index (κ3) is 3.33. The Hall–Kier alpha value is -1.59. The van der Waals surface area contributed by atoms with Crippen LogP contribution in [0.1, 0.15) is 43.2 Å². The second-order valence-electron chi connectivity index (χ2n) is 8.75. The lowest BCUT2D eigenvalue weighted by atomic mass is 9.72. The zero-order chi connectivity index (χ0) is 18.4. The summed E-state index contributed by atoms with van der Waals surface area (Å²) in [5, 5.41) is 3.54. The van der Waals surface area contributed by atoms with Crippen LogP contribution in [0.25, 0.3) is 0 Å². The summed E-state index contributed by atoms with van der Waals surface area (Å²) in [5.74, 6) is 1.16. The van der Waals surface area contributed by atoms with Crippen molar-refractivity contribution in [1.29, 1.82) is 0 Å². The molecule has 4 aliphatic heterocycles. The van der Waals surface area contributed by atoms with E-state index in [1.54, 1.807) is 0 Å². The highest BCUT2D eigenvalue weighted by Crippen LogP contribution is 2.40. The predicted molar refractivity (Wildman–Crippen MR) is 110 cm³/mol. The quantitative estimate of drug-likeness (QED) is 0.783. The standard InChI is InChI=1S/C22H29N3O2.ClH/c26-20-9-3-8-19-17-11-18(13-23-12-17)21(25(19)20)22(27)24-10-4-7-15-5-1-2-6-16(15)14-24;/h1-2,5-6,17-19,21,23H,3-4,7-14H2;1H/t17-,18+,19+,21-;/m1./s1. The van der Waals surface area contributed by atoms with Gasteiger partial charge in [0.1, 0.15) is 6.04 Å². The van der Waals surface area contributed by atoms with E-state index in [4.69, 9.17) is 0 Å². The average molecular weight is 404 g/mol. The second-order valence-corrected chi connectivity index (χ2v) is 8.75. The van der Waals surface area contributed by atoms with Gasteiger partial charge in [-0.2, -0.15) is 0 Å². The molecule has 4 heterocycles. The zero-order valence-corrected chi connectivity index (χ0v) is 17.1. The number of fused-ring (bicyclic) bond motifs is 5. The highest BCUT2D eigenvalue weighted by molar-refractivity contribution is 5.89. The molecule has 3 saturated heterocycles. The molecule has 0 saturated carbocycles. The molecule has 5 rings (SSSR count). The minimum absolute atomic E-state index is 0. The number of aryl methyl sites for hydroxylation is 1. The van der Waals surface area contributed by atoms with Crippen LogP contribution in [0.4, 0.5) is 0 Å². The Labute approximate surface area is 173 Å². The molecule has 1 aromatic carbocycles. The summed E-state index contributed by atoms with van der Waals surface area (Å²) >= 11 is 0. The van der Waals surface area contributed by atoms with E-state index >= 15 is 0 Å². The van der Waals surface area contributed by atoms with Crippen molar-refractivity contribution in [3.05, 3.63) is 35.4 Å². The highest BCUT2D eigenvalue weighted by atomic mass is 35.5. The number of piperidine rings is 3. The Morgan fingerprint density at radius 2 is 1.82 bits per heavy atom. The van der Waals surface area contributed by atoms with Gasteiger partial charge in [-0.05, 0) is 55.7 Å². The van der Waals surface area contributed by atoms with Gasteiger partial charge in [0, 0.05) is 38.0 Å². The van der Waals surface area contributed by atoms with Crippen LogP contribution in [0.3, 0.4) is 0 Å². The van der Waals surface area contributed by atoms with E-state index in [-0.39, 0.29) is 42.2 Å². The summed E-state index contributed by atoms with van der Waals surface area (Å²) in [7, 11) is 0. The molecule has 1 aromatic rings. The van der Waals surface area contributed by atoms with Crippen molar-refractivity contribution in [3.8, 4) is 0 Å². The maximum atomic E-state index is 13.7. The SMILES string of the molecule is Cl.O=C([C@H]1[C@@H]2CNC[C@@H](C2)[C@@H]2CCCC(=O)N21)N1CCCc2ccccc2C1. The fraction of sp³-hybridized carbons (Fsp3) is 0.636. The molecule has 0 radical (unpaired) electrons. The Morgan fingerprint density at radius 1 is 1.04 bits per heavy atom. The van der Waals surface area contributed by atoms with Crippen molar-refractivity contribution < 1.29 is 9.59 Å². The van der Waals surface area contributed by atoms with Crippen LogP contribution in [-0.2, 0) is 22.6 Å². The molecule has 0 spiro atoms. The maximum Gasteiger partial charge on any atom is 0.246 e. The maximum absolute atomic E-state index is 13.7. The normalized spacial score (nSPS) is 31.9. The van der Waals surface area contributed by atoms with Gasteiger partial charge in [0.15, 0.2) is 0 Å². The number of carbonyl (C=O) groups is 2. The summed E-state index contributed by atoms with van der Waals surface area (Å²) < 4.78 is 0. The van der Waals surface area contributed by atoms with Gasteiger partial charge >= 0.3 is 0 Å². The molecule has 1 N–H and O–H groups in total. The highest BCUT2D eigenvalue weighted by Gasteiger charge is 2.51. The predicted octanol–water partition coefficient (Wildman–Crippen LogP) is 2.37. The molecule has 152 valence electrons. The number of hydrogen-bond donors (Lipinski definition) is 1. The monoisotopic (exact) mass is 403 g/mol. The lowest BCUT2D eigenvalue weighted by molar-refractivity contribution is -0.162. The molecule has 6 heteroatoms. The Balaban J connectivity index is 0.00000192. The van der Waals surface area contributed by atoms with Crippen molar-refractivity contribution >= 4 is 24.2 Å². The van der Waals surface area contributed by atoms with Gasteiger partial charge in [0.05, 0.1) is 0 Å². The van der Waals surface area contributed by atoms with Crippen LogP contribution in [-0.4, -0.2) is 53.3 Å². The lowest BCUT2D eigenvalue weighted by Gasteiger charge is -2.54. The van der Waals surface area contributed by atoms with E-state index in [0.29, 0.717) is 18.9 Å². The van der Waals surface area contributed by atoms with Gasteiger partial charge in [0.25, 0.3) is 0 Å². The van der Waals surface area contributed by atoms with Crippen molar-refractivity contribution in [2.75, 3.05) is 19.6 Å². The smallest absolute Gasteiger partial charge is 0.246 e. The van der Waals surface area contributed by atoms with Crippen molar-refractivity contribution in [2.24, 2.45) is 11.8 Å². The first-order valence-electron chi connectivity index (χ1n) is 10.6. The van der Waals surface area contributed by atoms with Crippen LogP contribution < -0.4 is 5.32 Å². The van der Waals surface area contributed by atoms with Crippen LogP contribution in [0, 0.1) is 11.8 Å². The fourth-order valence-corrected chi connectivity index (χ4v) is 5.91. The van der Waals surface area contributed by atoms with E-state index in [2.05, 4.69) is 29.6 Å². The van der Waals surface area contributed by atoms with Gasteiger partial charge in [-0.25, -0.2) is 0 Å². The first-order chi connectivity index (χ1) is 13.2. The first-order valence-corrected chi connectivity index (χ1v) is 10.6. The molecule has 3 fully saturated rings. The van der Waals surface area contributed by atoms with Crippen molar-refractivity contribution in [2.45, 2.75) is 57.2 Å². The average Bonchev–Trinajstić information content (AvgIpc) is 2.91. The Morgan fingerprint density at radius 3 is 2.68 bits per heavy atom. The van der Waals surface area contributed by atoms with Crippen LogP contribution in [0.2, 0.25) is 0 Å². The third-order valence-corrected chi connectivity index (χ3v) is 7.16. The number of nitrogens with one attached hydrogen (secondary N) is 1. The van der Waals surface area contributed by atoms with Crippen molar-refractivity contribution in [1.82, 2.24) is 15.1 Å². The molecule has 0 unspecified atom stereocenters. The number of benzene rings is 1. The molecule has 0 aromatic heterocycles. The molecule has 2 amide bonds. The number of carbonyl (C=O) groups excluding carboxylic acids is 2. The van der Waals surface area contributed by atoms with Gasteiger partial charge < -0.3 is 15.1 Å². The number of nitrogens with zero attached hydrogens (tertiary/aromatic N) is 2. The molecule has 4 atom stereocenters. The first kappa shape index (κ1) is 19.7. The van der Waals surface area contributed by atoms with E-state index in [1.807, 2.05) is 9.80 Å². The molecule has 4 aliphatic rings. The van der Waals surface area contributed by atoms with E-state index in [9.17, 15) is 9.59 Å². The largest absolute Gasteiger partial charge is 0.337 e. The van der Waals surface area contributed by atoms with Crippen molar-refractivity contribution in [3.63, 3.8) is 0 Å². The molecule has 2 bridgehead atoms. The summed E-state index contributed by atoms with van der Waals surface area (Å²) in [4.78, 5) is 30.6. The van der Waals surface area contributed by atoms with Gasteiger partial charge in [-0.15, -0.1) is 12.4 Å². The summed E-state index contributed by atoms with van der Waals surface area (Å²) in [6.45, 7) is 3.32. The fourth-order valence-electron chi connectivity index (χ4n) is 5.91. The van der Waals surface area contributed by atoms with Gasteiger partial charge in [0.2, 0.25) is 11.8 Å². The number of hydrogen-bond acceptors (Lipinski definition) is 3. The van der Waals surface area contributed by atoms with Crippen LogP contribution >= 0.6 is 12.4 Å². The minimum atomic E-state index is -0.267. The Kier molecular flexibility index (Phi) is 5.66. The number of rotatable bonds is 1. The number of amides is 2. The summed E-state index contributed by atoms with van der Waals surface area (Å²) in [6, 6.07) is 8.47. The molecular formula is C22H30ClN3O2. The summed E-state index contributed by atoms with van der Waals surface area (Å²) in [5.41, 5.74) is 2.63. The lowest BCUT2D eigenvalue weighted by Crippen LogP contribution is -2.68. The third-order valence-electron chi connectivity index (χ3n) is 7.16. The Bertz CT molecular complexity index is 755. The van der Waals surface area contributed by atoms with E-state index in [0.717, 1.165) is 51.7 Å². The minimum Gasteiger partial charge on any atom is -0.337 e. The van der Waals surface area contributed by atoms with E-state index < -0.39 is 0 Å². The zero-order valence-electron chi connectivity index (χ0n) is 16.3. The summed E-state index contributed by atoms with van der Waals surface area (Å²) in [6.07, 6.45) is 5.75. The topological polar surface area (TPSA) is 52.7 Å². The molecule has 28 heavy (non-hydrogen) atoms. The molecule has 5 nitrogen and oxygen atoms in total. The van der Waals surface area contributed by atoms with Crippen LogP contribution in [0.15, 0.2) is 24.3 Å². The van der Waals surface area contributed by atoms with E-state index in [1.165, 1.54) is 11.1 Å². The van der Waals surface area contributed by atoms with Crippen LogP contribution in [0.5, 0.6) is 0 Å². The van der Waals surface area contributed by atoms with Gasteiger partial charge in [-0.1, -0.05) is 24.3 Å². The number of halogens is 1. The molecular weight excluding hydrogens is 374 g/mol. The van der Waals surface area contributed by atoms with Gasteiger partial charge in [-0.3, -0.25) is 9.59 Å². The second kappa shape index (κ2) is 8.03.